The molecule has 2 aliphatic rings. The number of amidine groups is 1. The third-order valence-electron chi connectivity index (χ3n) is 5.86. The molecule has 0 unspecified atom stereocenters. The second kappa shape index (κ2) is 10.5. The van der Waals surface area contributed by atoms with Crippen molar-refractivity contribution in [3.8, 4) is 0 Å². The molecule has 2 aromatic carbocycles. The van der Waals surface area contributed by atoms with Gasteiger partial charge in [-0.25, -0.2) is 0 Å². The number of hydrogen-bond donors (Lipinski definition) is 2. The highest BCUT2D eigenvalue weighted by molar-refractivity contribution is 7.88. The van der Waals surface area contributed by atoms with E-state index in [0.717, 1.165) is 43.6 Å². The van der Waals surface area contributed by atoms with Crippen LogP contribution >= 0.6 is 23.2 Å². The van der Waals surface area contributed by atoms with Gasteiger partial charge in [0.2, 0.25) is 0 Å². The maximum Gasteiger partial charge on any atom is 0.322 e. The minimum Gasteiger partial charge on any atom is -0.299 e. The Balaban J connectivity index is 1.39. The number of hydrogen-bond acceptors (Lipinski definition) is 5. The molecule has 0 atom stereocenters. The first-order valence-corrected chi connectivity index (χ1v) is 13.3. The molecule has 180 valence electrons. The average Bonchev–Trinajstić information content (AvgIpc) is 2.76. The fourth-order valence-electron chi connectivity index (χ4n) is 4.09. The van der Waals surface area contributed by atoms with E-state index in [2.05, 4.69) is 19.3 Å². The molecule has 0 bridgehead atoms. The van der Waals surface area contributed by atoms with Crippen molar-refractivity contribution in [1.82, 2.24) is 14.3 Å². The molecule has 2 heterocycles. The number of allylic oxidation sites excluding steroid dienone is 1. The van der Waals surface area contributed by atoms with Crippen LogP contribution in [0.3, 0.4) is 0 Å². The number of aliphatic imine (C=N–C) groups is 1. The summed E-state index contributed by atoms with van der Waals surface area (Å²) in [7, 11) is -3.74. The first-order valence-electron chi connectivity index (χ1n) is 11.0. The monoisotopic (exact) mass is 520 g/mol. The number of ketones is 1. The van der Waals surface area contributed by atoms with Crippen LogP contribution in [0, 0.1) is 0 Å². The van der Waals surface area contributed by atoms with Gasteiger partial charge in [-0.05, 0) is 43.0 Å². The zero-order chi connectivity index (χ0) is 24.3. The number of carbonyl (C=O) groups excluding carboxylic acids is 1. The topological polar surface area (TPSA) is 90.9 Å². The number of carbonyl (C=O) groups is 1. The average molecular weight is 521 g/mol. The van der Waals surface area contributed by atoms with Crippen LogP contribution in [0.25, 0.3) is 0 Å². The molecule has 34 heavy (non-hydrogen) atoms. The standard InChI is InChI=1S/C24H26Cl2N4O3S/c1-16(31)18-4-2-17(3-5-18)15-30-10-8-21(9-11-30)27-24-14-22(28-34(32,33)29-24)12-19-6-7-20(25)13-23(19)26/h2-7,13-14,21,28H,8-12,15H2,1H3,(H,27,29). The Morgan fingerprint density at radius 3 is 2.44 bits per heavy atom. The molecule has 0 aliphatic carbocycles. The summed E-state index contributed by atoms with van der Waals surface area (Å²) in [6, 6.07) is 12.9. The van der Waals surface area contributed by atoms with Crippen LogP contribution in [0.5, 0.6) is 0 Å². The molecule has 2 aromatic rings. The highest BCUT2D eigenvalue weighted by atomic mass is 35.5. The summed E-state index contributed by atoms with van der Waals surface area (Å²) in [4.78, 5) is 18.5. The van der Waals surface area contributed by atoms with Gasteiger partial charge in [0.25, 0.3) is 0 Å². The van der Waals surface area contributed by atoms with Gasteiger partial charge in [0.1, 0.15) is 5.84 Å². The molecular formula is C24H26Cl2N4O3S. The third kappa shape index (κ3) is 6.60. The molecule has 4 rings (SSSR count). The SMILES string of the molecule is CC(=O)c1ccc(CN2CCC(N=C3C=C(Cc4ccc(Cl)cc4Cl)NS(=O)(=O)N3)CC2)cc1. The Morgan fingerprint density at radius 2 is 1.79 bits per heavy atom. The summed E-state index contributed by atoms with van der Waals surface area (Å²) >= 11 is 12.2. The summed E-state index contributed by atoms with van der Waals surface area (Å²) in [5.41, 5.74) is 3.14. The van der Waals surface area contributed by atoms with E-state index in [9.17, 15) is 13.2 Å². The van der Waals surface area contributed by atoms with Crippen LogP contribution in [0.15, 0.2) is 59.2 Å². The number of Topliss-reactive ketones (excluding diaryl/α,β-unsaturated/α-hetero) is 1. The second-order valence-corrected chi connectivity index (χ2v) is 10.8. The zero-order valence-electron chi connectivity index (χ0n) is 18.7. The van der Waals surface area contributed by atoms with E-state index in [0.29, 0.717) is 33.6 Å². The number of piperidine rings is 1. The lowest BCUT2D eigenvalue weighted by atomic mass is 10.0. The molecule has 1 saturated heterocycles. The lowest BCUT2D eigenvalue weighted by Crippen LogP contribution is -2.45. The Kier molecular flexibility index (Phi) is 7.62. The van der Waals surface area contributed by atoms with Crippen molar-refractivity contribution >= 4 is 45.0 Å². The number of rotatable bonds is 6. The van der Waals surface area contributed by atoms with Gasteiger partial charge >= 0.3 is 10.2 Å². The Hall–Kier alpha value is -2.39. The summed E-state index contributed by atoms with van der Waals surface area (Å²) in [5.74, 6) is 0.394. The van der Waals surface area contributed by atoms with E-state index < -0.39 is 10.2 Å². The molecule has 2 N–H and O–H groups in total. The quantitative estimate of drug-likeness (QED) is 0.560. The molecule has 0 spiro atoms. The van der Waals surface area contributed by atoms with Crippen LogP contribution in [0.1, 0.15) is 41.3 Å². The van der Waals surface area contributed by atoms with Crippen LogP contribution < -0.4 is 9.44 Å². The normalized spacial score (nSPS) is 19.9. The largest absolute Gasteiger partial charge is 0.322 e. The van der Waals surface area contributed by atoms with Crippen molar-refractivity contribution in [3.63, 3.8) is 0 Å². The van der Waals surface area contributed by atoms with Crippen LogP contribution in [-0.4, -0.2) is 44.1 Å². The number of benzene rings is 2. The van der Waals surface area contributed by atoms with Crippen LogP contribution in [0.4, 0.5) is 0 Å². The maximum absolute atomic E-state index is 12.3. The van der Waals surface area contributed by atoms with E-state index in [1.807, 2.05) is 24.3 Å². The van der Waals surface area contributed by atoms with Crippen molar-refractivity contribution in [2.75, 3.05) is 13.1 Å². The number of likely N-dealkylation sites (tertiary alicyclic amines) is 1. The lowest BCUT2D eigenvalue weighted by molar-refractivity contribution is 0.101. The van der Waals surface area contributed by atoms with E-state index in [1.54, 1.807) is 31.2 Å². The van der Waals surface area contributed by atoms with E-state index >= 15 is 0 Å². The first kappa shape index (κ1) is 24.7. The summed E-state index contributed by atoms with van der Waals surface area (Å²) in [6.45, 7) is 4.09. The summed E-state index contributed by atoms with van der Waals surface area (Å²) < 4.78 is 29.7. The minimum absolute atomic E-state index is 0.0313. The van der Waals surface area contributed by atoms with Gasteiger partial charge < -0.3 is 0 Å². The van der Waals surface area contributed by atoms with Crippen molar-refractivity contribution in [3.05, 3.63) is 81.0 Å². The highest BCUT2D eigenvalue weighted by Crippen LogP contribution is 2.24. The molecule has 0 amide bonds. The van der Waals surface area contributed by atoms with Crippen molar-refractivity contribution < 1.29 is 13.2 Å². The van der Waals surface area contributed by atoms with Gasteiger partial charge in [-0.15, -0.1) is 0 Å². The molecule has 10 heteroatoms. The van der Waals surface area contributed by atoms with Gasteiger partial charge in [-0.3, -0.25) is 24.1 Å². The van der Waals surface area contributed by atoms with E-state index in [4.69, 9.17) is 23.2 Å². The molecule has 1 fully saturated rings. The molecule has 0 aromatic heterocycles. The lowest BCUT2D eigenvalue weighted by Gasteiger charge is -2.31. The molecule has 0 radical (unpaired) electrons. The van der Waals surface area contributed by atoms with Crippen molar-refractivity contribution in [1.29, 1.82) is 0 Å². The number of nitrogens with zero attached hydrogens (tertiary/aromatic N) is 2. The Morgan fingerprint density at radius 1 is 1.09 bits per heavy atom. The van der Waals surface area contributed by atoms with Crippen LogP contribution in [0.2, 0.25) is 10.0 Å². The van der Waals surface area contributed by atoms with Crippen molar-refractivity contribution in [2.24, 2.45) is 4.99 Å². The van der Waals surface area contributed by atoms with Gasteiger partial charge in [0, 0.05) is 53.4 Å². The molecule has 0 saturated carbocycles. The van der Waals surface area contributed by atoms with Gasteiger partial charge in [-0.2, -0.15) is 8.42 Å². The fourth-order valence-corrected chi connectivity index (χ4v) is 5.48. The highest BCUT2D eigenvalue weighted by Gasteiger charge is 2.24. The van der Waals surface area contributed by atoms with Gasteiger partial charge in [-0.1, -0.05) is 53.5 Å². The van der Waals surface area contributed by atoms with Crippen molar-refractivity contribution in [2.45, 2.75) is 38.8 Å². The molecule has 7 nitrogen and oxygen atoms in total. The summed E-state index contributed by atoms with van der Waals surface area (Å²) in [6.07, 6.45) is 3.69. The number of halogens is 2. The maximum atomic E-state index is 12.3. The molecule has 2 aliphatic heterocycles. The van der Waals surface area contributed by atoms with E-state index in [1.165, 1.54) is 0 Å². The first-order chi connectivity index (χ1) is 16.2. The summed E-state index contributed by atoms with van der Waals surface area (Å²) in [5, 5.41) is 1.00. The smallest absolute Gasteiger partial charge is 0.299 e. The zero-order valence-corrected chi connectivity index (χ0v) is 21.1. The minimum atomic E-state index is -3.74. The fraction of sp³-hybridized carbons (Fsp3) is 0.333. The predicted octanol–water partition coefficient (Wildman–Crippen LogP) is 4.12. The van der Waals surface area contributed by atoms with Gasteiger partial charge in [0.05, 0.1) is 6.04 Å². The van der Waals surface area contributed by atoms with Gasteiger partial charge in [0.15, 0.2) is 5.78 Å². The molecular weight excluding hydrogens is 495 g/mol. The third-order valence-corrected chi connectivity index (χ3v) is 7.45. The van der Waals surface area contributed by atoms with Crippen LogP contribution in [-0.2, 0) is 23.2 Å². The Bertz CT molecular complexity index is 1240. The predicted molar refractivity (Wildman–Crippen MR) is 136 cm³/mol. The van der Waals surface area contributed by atoms with E-state index in [-0.39, 0.29) is 11.8 Å². The second-order valence-electron chi connectivity index (χ2n) is 8.56. The Labute approximate surface area is 210 Å². The number of nitrogens with one attached hydrogen (secondary N) is 2.